The van der Waals surface area contributed by atoms with Gasteiger partial charge in [0.2, 0.25) is 5.91 Å². The number of piperidine rings is 1. The van der Waals surface area contributed by atoms with Crippen LogP contribution in [-0.2, 0) is 10.2 Å². The molecule has 0 spiro atoms. The van der Waals surface area contributed by atoms with Crippen molar-refractivity contribution < 1.29 is 4.79 Å². The molecule has 0 unspecified atom stereocenters. The summed E-state index contributed by atoms with van der Waals surface area (Å²) in [5, 5.41) is 6.62. The first-order valence-electron chi connectivity index (χ1n) is 7.79. The van der Waals surface area contributed by atoms with E-state index in [9.17, 15) is 4.79 Å². The second-order valence-electron chi connectivity index (χ2n) is 6.84. The Morgan fingerprint density at radius 2 is 1.95 bits per heavy atom. The molecule has 5 heteroatoms. The van der Waals surface area contributed by atoms with Gasteiger partial charge in [-0.2, -0.15) is 0 Å². The molecule has 0 atom stereocenters. The standard InChI is InChI=1S/C17H23BrN2O.ClH/c1-16(7-9-19-10-8-16)12-20-15(21)17(5-6-17)13-3-2-4-14(18)11-13;/h2-4,11,19H,5-10,12H2,1H3,(H,20,21);1H. The molecule has 22 heavy (non-hydrogen) atoms. The van der Waals surface area contributed by atoms with Gasteiger partial charge in [0.05, 0.1) is 5.41 Å². The van der Waals surface area contributed by atoms with Crippen molar-refractivity contribution in [2.45, 2.75) is 38.0 Å². The highest BCUT2D eigenvalue weighted by Gasteiger charge is 2.51. The van der Waals surface area contributed by atoms with E-state index in [-0.39, 0.29) is 29.1 Å². The first-order chi connectivity index (χ1) is 10.0. The molecule has 2 fully saturated rings. The fraction of sp³-hybridized carbons (Fsp3) is 0.588. The van der Waals surface area contributed by atoms with Gasteiger partial charge in [-0.25, -0.2) is 0 Å². The van der Waals surface area contributed by atoms with Crippen LogP contribution in [0.5, 0.6) is 0 Å². The number of hydrogen-bond donors (Lipinski definition) is 2. The van der Waals surface area contributed by atoms with Crippen LogP contribution in [0, 0.1) is 5.41 Å². The summed E-state index contributed by atoms with van der Waals surface area (Å²) in [5.74, 6) is 0.209. The fourth-order valence-electron chi connectivity index (χ4n) is 3.23. The van der Waals surface area contributed by atoms with E-state index in [1.807, 2.05) is 12.1 Å². The molecule has 3 rings (SSSR count). The summed E-state index contributed by atoms with van der Waals surface area (Å²) in [6, 6.07) is 8.18. The van der Waals surface area contributed by atoms with Crippen LogP contribution in [-0.4, -0.2) is 25.5 Å². The Morgan fingerprint density at radius 3 is 2.55 bits per heavy atom. The third kappa shape index (κ3) is 3.66. The van der Waals surface area contributed by atoms with Crippen LogP contribution in [0.2, 0.25) is 0 Å². The van der Waals surface area contributed by atoms with Crippen molar-refractivity contribution in [3.8, 4) is 0 Å². The third-order valence-electron chi connectivity index (χ3n) is 5.05. The van der Waals surface area contributed by atoms with Crippen molar-refractivity contribution in [1.82, 2.24) is 10.6 Å². The second-order valence-corrected chi connectivity index (χ2v) is 7.75. The maximum absolute atomic E-state index is 12.7. The number of carbonyl (C=O) groups is 1. The summed E-state index contributed by atoms with van der Waals surface area (Å²) in [6.45, 7) is 5.20. The lowest BCUT2D eigenvalue weighted by atomic mass is 9.81. The topological polar surface area (TPSA) is 41.1 Å². The lowest BCUT2D eigenvalue weighted by Crippen LogP contribution is -2.45. The van der Waals surface area contributed by atoms with Gasteiger partial charge in [-0.3, -0.25) is 4.79 Å². The molecule has 1 saturated heterocycles. The van der Waals surface area contributed by atoms with Crippen LogP contribution in [0.15, 0.2) is 28.7 Å². The van der Waals surface area contributed by atoms with Crippen LogP contribution < -0.4 is 10.6 Å². The number of rotatable bonds is 4. The molecule has 122 valence electrons. The average Bonchev–Trinajstić information content (AvgIpc) is 3.27. The SMILES string of the molecule is CC1(CNC(=O)C2(c3cccc(Br)c3)CC2)CCNCC1.Cl. The zero-order valence-electron chi connectivity index (χ0n) is 13.0. The molecule has 2 N–H and O–H groups in total. The number of benzene rings is 1. The Labute approximate surface area is 147 Å². The predicted octanol–water partition coefficient (Wildman–Crippen LogP) is 3.41. The van der Waals surface area contributed by atoms with Gasteiger partial charge in [-0.05, 0) is 61.9 Å². The first kappa shape index (κ1) is 17.8. The first-order valence-corrected chi connectivity index (χ1v) is 8.59. The summed E-state index contributed by atoms with van der Waals surface area (Å²) >= 11 is 3.50. The normalized spacial score (nSPS) is 21.5. The minimum Gasteiger partial charge on any atom is -0.355 e. The summed E-state index contributed by atoms with van der Waals surface area (Å²) in [7, 11) is 0. The van der Waals surface area contributed by atoms with Gasteiger partial charge in [0.1, 0.15) is 0 Å². The molecular formula is C17H24BrClN2O. The monoisotopic (exact) mass is 386 g/mol. The quantitative estimate of drug-likeness (QED) is 0.831. The highest BCUT2D eigenvalue weighted by atomic mass is 79.9. The lowest BCUT2D eigenvalue weighted by molar-refractivity contribution is -0.124. The van der Waals surface area contributed by atoms with Crippen molar-refractivity contribution in [3.05, 3.63) is 34.3 Å². The second kappa shape index (κ2) is 6.90. The Kier molecular flexibility index (Phi) is 5.57. The van der Waals surface area contributed by atoms with Crippen molar-refractivity contribution in [2.24, 2.45) is 5.41 Å². The van der Waals surface area contributed by atoms with Gasteiger partial charge >= 0.3 is 0 Å². The average molecular weight is 388 g/mol. The van der Waals surface area contributed by atoms with Crippen LogP contribution in [0.25, 0.3) is 0 Å². The molecule has 0 bridgehead atoms. The summed E-state index contributed by atoms with van der Waals surface area (Å²) in [6.07, 6.45) is 4.20. The Morgan fingerprint density at radius 1 is 1.27 bits per heavy atom. The number of halogens is 2. The molecule has 1 saturated carbocycles. The maximum atomic E-state index is 12.7. The molecule has 1 aliphatic heterocycles. The van der Waals surface area contributed by atoms with Crippen LogP contribution in [0.3, 0.4) is 0 Å². The number of carbonyl (C=O) groups excluding carboxylic acids is 1. The predicted molar refractivity (Wildman–Crippen MR) is 95.5 cm³/mol. The largest absolute Gasteiger partial charge is 0.355 e. The molecule has 1 aliphatic carbocycles. The van der Waals surface area contributed by atoms with E-state index in [4.69, 9.17) is 0 Å². The molecule has 3 nitrogen and oxygen atoms in total. The summed E-state index contributed by atoms with van der Waals surface area (Å²) in [5.41, 5.74) is 1.12. The van der Waals surface area contributed by atoms with E-state index in [2.05, 4.69) is 45.6 Å². The van der Waals surface area contributed by atoms with E-state index in [0.29, 0.717) is 0 Å². The van der Waals surface area contributed by atoms with E-state index in [1.165, 1.54) is 0 Å². The van der Waals surface area contributed by atoms with Gasteiger partial charge in [0, 0.05) is 11.0 Å². The fourth-order valence-corrected chi connectivity index (χ4v) is 3.63. The summed E-state index contributed by atoms with van der Waals surface area (Å²) in [4.78, 5) is 12.7. The van der Waals surface area contributed by atoms with Crippen molar-refractivity contribution in [2.75, 3.05) is 19.6 Å². The zero-order valence-corrected chi connectivity index (χ0v) is 15.4. The minimum absolute atomic E-state index is 0. The van der Waals surface area contributed by atoms with Gasteiger partial charge in [0.25, 0.3) is 0 Å². The van der Waals surface area contributed by atoms with E-state index in [0.717, 1.165) is 55.4 Å². The Balaban J connectivity index is 0.00000176. The molecular weight excluding hydrogens is 364 g/mol. The lowest BCUT2D eigenvalue weighted by Gasteiger charge is -2.34. The number of hydrogen-bond acceptors (Lipinski definition) is 2. The van der Waals surface area contributed by atoms with E-state index >= 15 is 0 Å². The molecule has 1 aromatic carbocycles. The van der Waals surface area contributed by atoms with Gasteiger partial charge < -0.3 is 10.6 Å². The minimum atomic E-state index is -0.271. The molecule has 0 radical (unpaired) electrons. The van der Waals surface area contributed by atoms with E-state index in [1.54, 1.807) is 0 Å². The number of nitrogens with one attached hydrogen (secondary N) is 2. The van der Waals surface area contributed by atoms with Crippen molar-refractivity contribution in [3.63, 3.8) is 0 Å². The molecule has 1 heterocycles. The Hall–Kier alpha value is -0.580. The molecule has 2 aliphatic rings. The third-order valence-corrected chi connectivity index (χ3v) is 5.54. The van der Waals surface area contributed by atoms with Gasteiger partial charge in [0.15, 0.2) is 0 Å². The number of amides is 1. The Bertz CT molecular complexity index is 539. The van der Waals surface area contributed by atoms with Crippen molar-refractivity contribution in [1.29, 1.82) is 0 Å². The van der Waals surface area contributed by atoms with E-state index < -0.39 is 0 Å². The van der Waals surface area contributed by atoms with Gasteiger partial charge in [-0.15, -0.1) is 12.4 Å². The maximum Gasteiger partial charge on any atom is 0.230 e. The smallest absolute Gasteiger partial charge is 0.230 e. The molecule has 1 amide bonds. The highest BCUT2D eigenvalue weighted by Crippen LogP contribution is 2.49. The summed E-state index contributed by atoms with van der Waals surface area (Å²) < 4.78 is 1.05. The van der Waals surface area contributed by atoms with Crippen LogP contribution in [0.4, 0.5) is 0 Å². The molecule has 0 aromatic heterocycles. The van der Waals surface area contributed by atoms with Gasteiger partial charge in [-0.1, -0.05) is 35.0 Å². The van der Waals surface area contributed by atoms with Crippen LogP contribution in [0.1, 0.15) is 38.2 Å². The van der Waals surface area contributed by atoms with Crippen LogP contribution >= 0.6 is 28.3 Å². The zero-order chi connectivity index (χ0) is 14.9. The highest BCUT2D eigenvalue weighted by molar-refractivity contribution is 9.10. The molecule has 1 aromatic rings. The van der Waals surface area contributed by atoms with Crippen molar-refractivity contribution >= 4 is 34.2 Å².